The summed E-state index contributed by atoms with van der Waals surface area (Å²) in [5.41, 5.74) is 0.946. The lowest BCUT2D eigenvalue weighted by atomic mass is 9.78. The van der Waals surface area contributed by atoms with E-state index < -0.39 is 29.5 Å². The van der Waals surface area contributed by atoms with Crippen molar-refractivity contribution in [1.29, 1.82) is 5.26 Å². The number of thioether (sulfide) groups is 1. The van der Waals surface area contributed by atoms with Crippen LogP contribution in [-0.4, -0.2) is 30.6 Å². The first-order valence-corrected chi connectivity index (χ1v) is 10.7. The van der Waals surface area contributed by atoms with E-state index in [0.29, 0.717) is 6.54 Å². The van der Waals surface area contributed by atoms with Crippen molar-refractivity contribution in [2.45, 2.75) is 12.5 Å². The number of benzene rings is 2. The zero-order valence-electron chi connectivity index (χ0n) is 17.1. The van der Waals surface area contributed by atoms with Gasteiger partial charge in [0.25, 0.3) is 0 Å². The number of esters is 1. The van der Waals surface area contributed by atoms with Gasteiger partial charge in [0, 0.05) is 12.5 Å². The number of hydrogen-bond acceptors (Lipinski definition) is 6. The van der Waals surface area contributed by atoms with Crippen molar-refractivity contribution in [3.8, 4) is 6.07 Å². The minimum atomic E-state index is -1.43. The maximum atomic E-state index is 14.6. The van der Waals surface area contributed by atoms with Gasteiger partial charge in [-0.3, -0.25) is 14.4 Å². The van der Waals surface area contributed by atoms with Crippen LogP contribution in [0.4, 0.5) is 4.39 Å². The molecule has 2 N–H and O–H groups in total. The van der Waals surface area contributed by atoms with Gasteiger partial charge in [-0.25, -0.2) is 4.39 Å². The van der Waals surface area contributed by atoms with Gasteiger partial charge in [-0.2, -0.15) is 5.26 Å². The summed E-state index contributed by atoms with van der Waals surface area (Å²) in [6.45, 7) is 0.332. The molecule has 0 spiro atoms. The molecule has 0 fully saturated rings. The van der Waals surface area contributed by atoms with Crippen molar-refractivity contribution in [2.24, 2.45) is 5.92 Å². The normalized spacial score (nSPS) is 17.8. The molecule has 2 aromatic carbocycles. The van der Waals surface area contributed by atoms with E-state index in [0.717, 1.165) is 24.4 Å². The molecule has 0 aliphatic carbocycles. The van der Waals surface area contributed by atoms with E-state index in [1.807, 2.05) is 36.4 Å². The third kappa shape index (κ3) is 5.15. The maximum absolute atomic E-state index is 14.6. The Labute approximate surface area is 188 Å². The van der Waals surface area contributed by atoms with Crippen LogP contribution in [0.2, 0.25) is 0 Å². The van der Waals surface area contributed by atoms with Crippen LogP contribution < -0.4 is 10.6 Å². The molecule has 1 aliphatic heterocycles. The third-order valence-electron chi connectivity index (χ3n) is 4.90. The zero-order chi connectivity index (χ0) is 23.1. The lowest BCUT2D eigenvalue weighted by Crippen LogP contribution is -2.44. The van der Waals surface area contributed by atoms with Crippen LogP contribution >= 0.6 is 11.8 Å². The van der Waals surface area contributed by atoms with Crippen LogP contribution in [0.3, 0.4) is 0 Å². The summed E-state index contributed by atoms with van der Waals surface area (Å²) in [5.74, 6) is -5.25. The number of ether oxygens (including phenoxy) is 1. The number of carbonyl (C=O) groups excluding carboxylic acids is 3. The number of allylic oxidation sites excluding steroid dienone is 1. The van der Waals surface area contributed by atoms with Crippen LogP contribution in [-0.2, 0) is 25.7 Å². The molecular formula is C23H20FN3O4S. The molecule has 7 nitrogen and oxygen atoms in total. The summed E-state index contributed by atoms with van der Waals surface area (Å²) >= 11 is 0.941. The quantitative estimate of drug-likeness (QED) is 0.493. The highest BCUT2D eigenvalue weighted by molar-refractivity contribution is 8.03. The van der Waals surface area contributed by atoms with Crippen molar-refractivity contribution in [3.05, 3.63) is 82.1 Å². The molecule has 0 aromatic heterocycles. The fraction of sp³-hybridized carbons (Fsp3) is 0.217. The molecule has 2 atom stereocenters. The molecule has 0 unspecified atom stereocenters. The number of methoxy groups -OCH3 is 1. The fourth-order valence-electron chi connectivity index (χ4n) is 3.37. The Hall–Kier alpha value is -3.64. The number of amides is 2. The number of hydrogen-bond donors (Lipinski definition) is 2. The number of nitriles is 1. The number of carbonyl (C=O) groups is 3. The molecule has 2 amide bonds. The fourth-order valence-corrected chi connectivity index (χ4v) is 4.25. The molecule has 32 heavy (non-hydrogen) atoms. The molecule has 3 rings (SSSR count). The molecule has 0 saturated heterocycles. The SMILES string of the molecule is COC(=O)[C@H]1C(=O)NC(SCC(=O)NCc2ccccc2)=C(C#N)[C@@H]1c1ccccc1F. The second kappa shape index (κ2) is 10.6. The highest BCUT2D eigenvalue weighted by Gasteiger charge is 2.45. The maximum Gasteiger partial charge on any atom is 0.319 e. The van der Waals surface area contributed by atoms with Crippen LogP contribution in [0.5, 0.6) is 0 Å². The first-order valence-electron chi connectivity index (χ1n) is 9.67. The van der Waals surface area contributed by atoms with Gasteiger partial charge in [-0.1, -0.05) is 60.3 Å². The molecule has 0 saturated carbocycles. The van der Waals surface area contributed by atoms with E-state index in [-0.39, 0.29) is 27.8 Å². The van der Waals surface area contributed by atoms with Crippen LogP contribution in [0.15, 0.2) is 65.2 Å². The van der Waals surface area contributed by atoms with Gasteiger partial charge in [-0.05, 0) is 17.2 Å². The lowest BCUT2D eigenvalue weighted by molar-refractivity contribution is -0.150. The van der Waals surface area contributed by atoms with E-state index in [1.165, 1.54) is 18.2 Å². The summed E-state index contributed by atoms with van der Waals surface area (Å²) in [5, 5.41) is 15.2. The minimum absolute atomic E-state index is 0.00837. The average Bonchev–Trinajstić information content (AvgIpc) is 2.81. The third-order valence-corrected chi connectivity index (χ3v) is 5.92. The van der Waals surface area contributed by atoms with Crippen molar-refractivity contribution < 1.29 is 23.5 Å². The summed E-state index contributed by atoms with van der Waals surface area (Å²) in [6.07, 6.45) is 0. The topological polar surface area (TPSA) is 108 Å². The Balaban J connectivity index is 1.84. The first-order chi connectivity index (χ1) is 15.5. The van der Waals surface area contributed by atoms with Gasteiger partial charge in [0.2, 0.25) is 11.8 Å². The predicted molar refractivity (Wildman–Crippen MR) is 116 cm³/mol. The van der Waals surface area contributed by atoms with Crippen LogP contribution in [0, 0.1) is 23.1 Å². The Morgan fingerprint density at radius 1 is 1.19 bits per heavy atom. The lowest BCUT2D eigenvalue weighted by Gasteiger charge is -2.31. The number of nitrogens with one attached hydrogen (secondary N) is 2. The average molecular weight is 453 g/mol. The molecule has 164 valence electrons. The molecule has 9 heteroatoms. The minimum Gasteiger partial charge on any atom is -0.468 e. The van der Waals surface area contributed by atoms with E-state index in [4.69, 9.17) is 4.74 Å². The van der Waals surface area contributed by atoms with E-state index in [2.05, 4.69) is 10.6 Å². The van der Waals surface area contributed by atoms with Gasteiger partial charge in [0.15, 0.2) is 0 Å². The Kier molecular flexibility index (Phi) is 7.63. The second-order valence-electron chi connectivity index (χ2n) is 6.89. The summed E-state index contributed by atoms with van der Waals surface area (Å²) in [7, 11) is 1.12. The summed E-state index contributed by atoms with van der Waals surface area (Å²) < 4.78 is 19.3. The van der Waals surface area contributed by atoms with Gasteiger partial charge in [0.05, 0.1) is 29.5 Å². The smallest absolute Gasteiger partial charge is 0.319 e. The Bertz CT molecular complexity index is 1100. The van der Waals surface area contributed by atoms with Gasteiger partial charge >= 0.3 is 5.97 Å². The Morgan fingerprint density at radius 2 is 1.88 bits per heavy atom. The predicted octanol–water partition coefficient (Wildman–Crippen LogP) is 2.61. The highest BCUT2D eigenvalue weighted by atomic mass is 32.2. The van der Waals surface area contributed by atoms with E-state index in [1.54, 1.807) is 6.07 Å². The summed E-state index contributed by atoms with van der Waals surface area (Å²) in [6, 6.07) is 16.9. The zero-order valence-corrected chi connectivity index (χ0v) is 17.9. The second-order valence-corrected chi connectivity index (χ2v) is 7.88. The van der Waals surface area contributed by atoms with Gasteiger partial charge < -0.3 is 15.4 Å². The number of rotatable bonds is 7. The van der Waals surface area contributed by atoms with Crippen molar-refractivity contribution in [3.63, 3.8) is 0 Å². The molecule has 0 radical (unpaired) electrons. The van der Waals surface area contributed by atoms with E-state index in [9.17, 15) is 24.0 Å². The molecular weight excluding hydrogens is 433 g/mol. The standard InChI is InChI=1S/C23H20FN3O4S/c1-31-23(30)20-19(15-9-5-6-10-17(15)24)16(11-25)22(27-21(20)29)32-13-18(28)26-12-14-7-3-2-4-8-14/h2-10,19-20H,12-13H2,1H3,(H,26,28)(H,27,29)/t19-,20+/m0/s1. The highest BCUT2D eigenvalue weighted by Crippen LogP contribution is 2.40. The molecule has 0 bridgehead atoms. The number of halogens is 1. The van der Waals surface area contributed by atoms with Crippen molar-refractivity contribution in [1.82, 2.24) is 10.6 Å². The van der Waals surface area contributed by atoms with Gasteiger partial charge in [0.1, 0.15) is 11.7 Å². The van der Waals surface area contributed by atoms with Crippen molar-refractivity contribution in [2.75, 3.05) is 12.9 Å². The largest absolute Gasteiger partial charge is 0.468 e. The van der Waals surface area contributed by atoms with Gasteiger partial charge in [-0.15, -0.1) is 0 Å². The number of nitrogens with zero attached hydrogens (tertiary/aromatic N) is 1. The Morgan fingerprint density at radius 3 is 2.53 bits per heavy atom. The first kappa shape index (κ1) is 23.0. The van der Waals surface area contributed by atoms with E-state index >= 15 is 0 Å². The van der Waals surface area contributed by atoms with Crippen molar-refractivity contribution >= 4 is 29.5 Å². The van der Waals surface area contributed by atoms with Crippen LogP contribution in [0.1, 0.15) is 17.0 Å². The monoisotopic (exact) mass is 453 g/mol. The molecule has 2 aromatic rings. The molecule has 1 aliphatic rings. The van der Waals surface area contributed by atoms with Crippen LogP contribution in [0.25, 0.3) is 0 Å². The summed E-state index contributed by atoms with van der Waals surface area (Å²) in [4.78, 5) is 37.3. The molecule has 1 heterocycles.